The Labute approximate surface area is 113 Å². The van der Waals surface area contributed by atoms with Crippen molar-refractivity contribution in [3.63, 3.8) is 0 Å². The Morgan fingerprint density at radius 3 is 2.16 bits per heavy atom. The van der Waals surface area contributed by atoms with Crippen molar-refractivity contribution >= 4 is 18.4 Å². The molecule has 0 aliphatic rings. The van der Waals surface area contributed by atoms with E-state index in [-0.39, 0.29) is 0 Å². The van der Waals surface area contributed by atoms with Crippen molar-refractivity contribution in [2.45, 2.75) is 6.42 Å². The van der Waals surface area contributed by atoms with E-state index in [1.54, 1.807) is 6.08 Å². The second kappa shape index (κ2) is 7.12. The van der Waals surface area contributed by atoms with Crippen LogP contribution >= 0.6 is 0 Å². The largest absolute Gasteiger partial charge is 0.299 e. The summed E-state index contributed by atoms with van der Waals surface area (Å²) in [5.74, 6) is 0. The van der Waals surface area contributed by atoms with Crippen LogP contribution in [-0.2, 0) is 11.2 Å². The molecular formula is C18H16O. The van der Waals surface area contributed by atoms with Crippen molar-refractivity contribution in [2.75, 3.05) is 0 Å². The first-order chi connectivity index (χ1) is 9.38. The average molecular weight is 248 g/mol. The summed E-state index contributed by atoms with van der Waals surface area (Å²) in [7, 11) is 0. The van der Waals surface area contributed by atoms with E-state index >= 15 is 0 Å². The van der Waals surface area contributed by atoms with Crippen LogP contribution in [0.1, 0.15) is 16.7 Å². The van der Waals surface area contributed by atoms with Crippen LogP contribution in [0.5, 0.6) is 0 Å². The molecule has 2 aromatic carbocycles. The topological polar surface area (TPSA) is 17.1 Å². The first-order valence-corrected chi connectivity index (χ1v) is 6.31. The molecule has 0 N–H and O–H groups in total. The van der Waals surface area contributed by atoms with Gasteiger partial charge in [-0.1, -0.05) is 72.8 Å². The molecule has 1 heteroatoms. The number of hydrogen-bond donors (Lipinski definition) is 0. The van der Waals surface area contributed by atoms with Gasteiger partial charge in [0.25, 0.3) is 0 Å². The maximum Gasteiger partial charge on any atom is 0.142 e. The van der Waals surface area contributed by atoms with Gasteiger partial charge in [0.05, 0.1) is 0 Å². The van der Waals surface area contributed by atoms with Crippen molar-refractivity contribution in [3.05, 3.63) is 83.4 Å². The smallest absolute Gasteiger partial charge is 0.142 e. The monoisotopic (exact) mass is 248 g/mol. The Kier molecular flexibility index (Phi) is 4.88. The van der Waals surface area contributed by atoms with Crippen molar-refractivity contribution < 1.29 is 4.79 Å². The summed E-state index contributed by atoms with van der Waals surface area (Å²) in [4.78, 5) is 10.2. The SMILES string of the molecule is O=CC=Cc1ccc(CC=Cc2ccccc2)cc1. The van der Waals surface area contributed by atoms with Crippen LogP contribution in [0.15, 0.2) is 66.7 Å². The van der Waals surface area contributed by atoms with Crippen molar-refractivity contribution in [1.29, 1.82) is 0 Å². The molecule has 0 fully saturated rings. The number of hydrogen-bond acceptors (Lipinski definition) is 1. The zero-order valence-electron chi connectivity index (χ0n) is 10.7. The van der Waals surface area contributed by atoms with Gasteiger partial charge in [0.2, 0.25) is 0 Å². The molecular weight excluding hydrogens is 232 g/mol. The minimum Gasteiger partial charge on any atom is -0.299 e. The predicted octanol–water partition coefficient (Wildman–Crippen LogP) is 4.15. The molecule has 0 aliphatic heterocycles. The van der Waals surface area contributed by atoms with E-state index in [2.05, 4.69) is 36.4 Å². The maximum atomic E-state index is 10.2. The van der Waals surface area contributed by atoms with Crippen LogP contribution in [0.2, 0.25) is 0 Å². The molecule has 0 radical (unpaired) electrons. The second-order valence-electron chi connectivity index (χ2n) is 4.25. The molecule has 0 saturated carbocycles. The van der Waals surface area contributed by atoms with E-state index in [1.807, 2.05) is 30.3 Å². The summed E-state index contributed by atoms with van der Waals surface area (Å²) in [5, 5.41) is 0. The zero-order valence-corrected chi connectivity index (χ0v) is 10.7. The van der Waals surface area contributed by atoms with Crippen molar-refractivity contribution in [1.82, 2.24) is 0 Å². The fourth-order valence-electron chi connectivity index (χ4n) is 1.81. The molecule has 0 atom stereocenters. The van der Waals surface area contributed by atoms with E-state index in [1.165, 1.54) is 17.2 Å². The second-order valence-corrected chi connectivity index (χ2v) is 4.25. The lowest BCUT2D eigenvalue weighted by atomic mass is 10.1. The molecule has 0 bridgehead atoms. The number of allylic oxidation sites excluding steroid dienone is 2. The Bertz CT molecular complexity index is 562. The minimum absolute atomic E-state index is 0.788. The van der Waals surface area contributed by atoms with Gasteiger partial charge in [0.1, 0.15) is 6.29 Å². The molecule has 0 unspecified atom stereocenters. The molecule has 1 nitrogen and oxygen atoms in total. The first-order valence-electron chi connectivity index (χ1n) is 6.31. The van der Waals surface area contributed by atoms with E-state index in [9.17, 15) is 4.79 Å². The van der Waals surface area contributed by atoms with Crippen molar-refractivity contribution in [2.24, 2.45) is 0 Å². The van der Waals surface area contributed by atoms with Gasteiger partial charge in [0, 0.05) is 0 Å². The Balaban J connectivity index is 1.95. The summed E-state index contributed by atoms with van der Waals surface area (Å²) in [6.07, 6.45) is 9.29. The summed E-state index contributed by atoms with van der Waals surface area (Å²) in [6, 6.07) is 18.5. The minimum atomic E-state index is 0.788. The third-order valence-electron chi connectivity index (χ3n) is 2.81. The molecule has 0 spiro atoms. The fourth-order valence-corrected chi connectivity index (χ4v) is 1.81. The Morgan fingerprint density at radius 1 is 0.789 bits per heavy atom. The molecule has 0 saturated heterocycles. The Hall–Kier alpha value is -2.41. The molecule has 94 valence electrons. The molecule has 0 amide bonds. The van der Waals surface area contributed by atoms with Gasteiger partial charge in [-0.05, 0) is 29.2 Å². The third-order valence-corrected chi connectivity index (χ3v) is 2.81. The van der Waals surface area contributed by atoms with Crippen LogP contribution in [0.3, 0.4) is 0 Å². The maximum absolute atomic E-state index is 10.2. The number of aldehydes is 1. The van der Waals surface area contributed by atoms with Crippen LogP contribution in [0, 0.1) is 0 Å². The highest BCUT2D eigenvalue weighted by Crippen LogP contribution is 2.08. The van der Waals surface area contributed by atoms with Crippen molar-refractivity contribution in [3.8, 4) is 0 Å². The highest BCUT2D eigenvalue weighted by atomic mass is 16.1. The quantitative estimate of drug-likeness (QED) is 0.573. The summed E-state index contributed by atoms with van der Waals surface area (Å²) >= 11 is 0. The van der Waals surface area contributed by atoms with Crippen LogP contribution in [-0.4, -0.2) is 6.29 Å². The number of carbonyl (C=O) groups is 1. The lowest BCUT2D eigenvalue weighted by Crippen LogP contribution is -1.81. The molecule has 0 heterocycles. The van der Waals surface area contributed by atoms with Crippen LogP contribution in [0.4, 0.5) is 0 Å². The van der Waals surface area contributed by atoms with Gasteiger partial charge in [-0.2, -0.15) is 0 Å². The van der Waals surface area contributed by atoms with Gasteiger partial charge in [-0.15, -0.1) is 0 Å². The molecule has 2 rings (SSSR count). The highest BCUT2D eigenvalue weighted by Gasteiger charge is 1.90. The lowest BCUT2D eigenvalue weighted by molar-refractivity contribution is -0.104. The van der Waals surface area contributed by atoms with Gasteiger partial charge in [-0.25, -0.2) is 0 Å². The lowest BCUT2D eigenvalue weighted by Gasteiger charge is -1.98. The first kappa shape index (κ1) is 13.0. The van der Waals surface area contributed by atoms with Crippen LogP contribution in [0.25, 0.3) is 12.2 Å². The van der Waals surface area contributed by atoms with Gasteiger partial charge in [0.15, 0.2) is 0 Å². The van der Waals surface area contributed by atoms with E-state index in [0.29, 0.717) is 0 Å². The predicted molar refractivity (Wildman–Crippen MR) is 80.7 cm³/mol. The normalized spacial score (nSPS) is 11.2. The van der Waals surface area contributed by atoms with Gasteiger partial charge >= 0.3 is 0 Å². The van der Waals surface area contributed by atoms with E-state index < -0.39 is 0 Å². The highest BCUT2D eigenvalue weighted by molar-refractivity contribution is 5.73. The third kappa shape index (κ3) is 4.40. The molecule has 2 aromatic rings. The number of benzene rings is 2. The fraction of sp³-hybridized carbons (Fsp3) is 0.0556. The number of rotatable bonds is 5. The zero-order chi connectivity index (χ0) is 13.3. The van der Waals surface area contributed by atoms with Gasteiger partial charge in [-0.3, -0.25) is 4.79 Å². The average Bonchev–Trinajstić information content (AvgIpc) is 2.47. The number of carbonyl (C=O) groups excluding carboxylic acids is 1. The summed E-state index contributed by atoms with van der Waals surface area (Å²) in [5.41, 5.74) is 3.52. The molecule has 19 heavy (non-hydrogen) atoms. The summed E-state index contributed by atoms with van der Waals surface area (Å²) < 4.78 is 0. The molecule has 0 aliphatic carbocycles. The molecule has 0 aromatic heterocycles. The van der Waals surface area contributed by atoms with Gasteiger partial charge < -0.3 is 0 Å². The standard InChI is InChI=1S/C18H16O/c19-15-5-10-18-13-11-17(12-14-18)9-4-8-16-6-2-1-3-7-16/h1-8,10-15H,9H2. The van der Waals surface area contributed by atoms with E-state index in [4.69, 9.17) is 0 Å². The summed E-state index contributed by atoms with van der Waals surface area (Å²) in [6.45, 7) is 0. The van der Waals surface area contributed by atoms with Crippen LogP contribution < -0.4 is 0 Å². The Morgan fingerprint density at radius 2 is 1.47 bits per heavy atom. The van der Waals surface area contributed by atoms with E-state index in [0.717, 1.165) is 18.3 Å².